The lowest BCUT2D eigenvalue weighted by atomic mass is 10.2. The summed E-state index contributed by atoms with van der Waals surface area (Å²) in [5.41, 5.74) is 1.73. The van der Waals surface area contributed by atoms with Crippen molar-refractivity contribution < 1.29 is 9.53 Å². The number of aromatic nitrogens is 4. The van der Waals surface area contributed by atoms with E-state index in [4.69, 9.17) is 39.5 Å². The first-order valence-electron chi connectivity index (χ1n) is 9.16. The SMILES string of the molecule is O=C(Nc1cnn(Cc2ccccc2Cl)c1)c1ccn(COc2ccc(Cl)cc2Cl)n1. The second kappa shape index (κ2) is 9.43. The molecule has 0 aliphatic heterocycles. The number of hydrogen-bond donors (Lipinski definition) is 1. The van der Waals surface area contributed by atoms with Crippen LogP contribution < -0.4 is 10.1 Å². The molecule has 7 nitrogen and oxygen atoms in total. The predicted octanol–water partition coefficient (Wildman–Crippen LogP) is 5.38. The van der Waals surface area contributed by atoms with Gasteiger partial charge in [0.25, 0.3) is 5.91 Å². The van der Waals surface area contributed by atoms with Gasteiger partial charge in [0.15, 0.2) is 12.4 Å². The Morgan fingerprint density at radius 1 is 1.03 bits per heavy atom. The zero-order valence-electron chi connectivity index (χ0n) is 16.0. The van der Waals surface area contributed by atoms with Gasteiger partial charge >= 0.3 is 0 Å². The fourth-order valence-corrected chi connectivity index (χ4v) is 3.45. The van der Waals surface area contributed by atoms with E-state index < -0.39 is 0 Å². The van der Waals surface area contributed by atoms with Crippen LogP contribution in [-0.4, -0.2) is 25.5 Å². The number of nitrogens with zero attached hydrogens (tertiary/aromatic N) is 4. The van der Waals surface area contributed by atoms with Crippen LogP contribution in [0.2, 0.25) is 15.1 Å². The van der Waals surface area contributed by atoms with Gasteiger partial charge in [0, 0.05) is 22.4 Å². The molecule has 4 aromatic rings. The van der Waals surface area contributed by atoms with Crippen LogP contribution in [0.5, 0.6) is 5.75 Å². The van der Waals surface area contributed by atoms with Crippen molar-refractivity contribution in [3.05, 3.63) is 93.4 Å². The highest BCUT2D eigenvalue weighted by atomic mass is 35.5. The van der Waals surface area contributed by atoms with E-state index in [9.17, 15) is 4.79 Å². The molecule has 0 radical (unpaired) electrons. The van der Waals surface area contributed by atoms with E-state index in [2.05, 4.69) is 15.5 Å². The van der Waals surface area contributed by atoms with E-state index in [0.717, 1.165) is 5.56 Å². The molecule has 2 aromatic heterocycles. The minimum absolute atomic E-state index is 0.0877. The molecule has 2 heterocycles. The summed E-state index contributed by atoms with van der Waals surface area (Å²) in [4.78, 5) is 12.5. The smallest absolute Gasteiger partial charge is 0.276 e. The van der Waals surface area contributed by atoms with E-state index >= 15 is 0 Å². The number of rotatable bonds is 7. The standard InChI is InChI=1S/C21H16Cl3N5O2/c22-15-5-6-20(18(24)9-15)31-13-28-8-7-19(27-28)21(30)26-16-10-25-29(12-16)11-14-3-1-2-4-17(14)23/h1-10,12H,11,13H2,(H,26,30). The minimum Gasteiger partial charge on any atom is -0.470 e. The zero-order valence-corrected chi connectivity index (χ0v) is 18.3. The highest BCUT2D eigenvalue weighted by Gasteiger charge is 2.12. The van der Waals surface area contributed by atoms with E-state index in [1.54, 1.807) is 47.5 Å². The maximum absolute atomic E-state index is 12.5. The summed E-state index contributed by atoms with van der Waals surface area (Å²) in [6.07, 6.45) is 4.93. The molecule has 31 heavy (non-hydrogen) atoms. The third-order valence-corrected chi connectivity index (χ3v) is 5.20. The average molecular weight is 477 g/mol. The Morgan fingerprint density at radius 2 is 1.87 bits per heavy atom. The van der Waals surface area contributed by atoms with Gasteiger partial charge < -0.3 is 10.1 Å². The summed E-state index contributed by atoms with van der Waals surface area (Å²) in [7, 11) is 0. The molecule has 0 bridgehead atoms. The van der Waals surface area contributed by atoms with Crippen molar-refractivity contribution in [1.82, 2.24) is 19.6 Å². The molecule has 0 spiro atoms. The maximum Gasteiger partial charge on any atom is 0.276 e. The molecule has 0 unspecified atom stereocenters. The summed E-state index contributed by atoms with van der Waals surface area (Å²) in [5.74, 6) is 0.110. The molecule has 0 saturated heterocycles. The number of carbonyl (C=O) groups excluding carboxylic acids is 1. The lowest BCUT2D eigenvalue weighted by molar-refractivity contribution is 0.102. The van der Waals surface area contributed by atoms with Crippen molar-refractivity contribution in [3.8, 4) is 5.75 Å². The Bertz CT molecular complexity index is 1220. The number of ether oxygens (including phenoxy) is 1. The molecule has 0 fully saturated rings. The summed E-state index contributed by atoms with van der Waals surface area (Å²) in [5, 5.41) is 12.8. The number of halogens is 3. The highest BCUT2D eigenvalue weighted by molar-refractivity contribution is 6.35. The number of benzene rings is 2. The van der Waals surface area contributed by atoms with Crippen molar-refractivity contribution in [1.29, 1.82) is 0 Å². The molecule has 0 atom stereocenters. The first kappa shape index (κ1) is 21.2. The van der Waals surface area contributed by atoms with Gasteiger partial charge in [0.05, 0.1) is 23.5 Å². The van der Waals surface area contributed by atoms with Crippen LogP contribution in [0.4, 0.5) is 5.69 Å². The molecule has 10 heteroatoms. The summed E-state index contributed by atoms with van der Waals surface area (Å²) in [6.45, 7) is 0.583. The molecule has 1 N–H and O–H groups in total. The quantitative estimate of drug-likeness (QED) is 0.389. The van der Waals surface area contributed by atoms with Gasteiger partial charge in [-0.3, -0.25) is 9.48 Å². The summed E-state index contributed by atoms with van der Waals surface area (Å²) < 4.78 is 8.79. The Labute approximate surface area is 193 Å². The minimum atomic E-state index is -0.361. The lowest BCUT2D eigenvalue weighted by Gasteiger charge is -2.08. The molecule has 0 aliphatic rings. The van der Waals surface area contributed by atoms with Crippen LogP contribution in [-0.2, 0) is 13.3 Å². The Hall–Kier alpha value is -3.00. The third kappa shape index (κ3) is 5.38. The zero-order chi connectivity index (χ0) is 21.8. The van der Waals surface area contributed by atoms with Crippen molar-refractivity contribution >= 4 is 46.4 Å². The van der Waals surface area contributed by atoms with E-state index in [0.29, 0.717) is 33.0 Å². The number of nitrogens with one attached hydrogen (secondary N) is 1. The molecule has 158 valence electrons. The van der Waals surface area contributed by atoms with Gasteiger partial charge in [-0.15, -0.1) is 0 Å². The second-order valence-electron chi connectivity index (χ2n) is 6.56. The molecule has 0 aliphatic carbocycles. The Balaban J connectivity index is 1.35. The van der Waals surface area contributed by atoms with Gasteiger partial charge in [-0.05, 0) is 35.9 Å². The summed E-state index contributed by atoms with van der Waals surface area (Å²) in [6, 6.07) is 14.1. The highest BCUT2D eigenvalue weighted by Crippen LogP contribution is 2.27. The van der Waals surface area contributed by atoms with Crippen LogP contribution in [0.15, 0.2) is 67.1 Å². The topological polar surface area (TPSA) is 74.0 Å². The van der Waals surface area contributed by atoms with Crippen molar-refractivity contribution in [3.63, 3.8) is 0 Å². The van der Waals surface area contributed by atoms with Gasteiger partial charge in [-0.1, -0.05) is 53.0 Å². The van der Waals surface area contributed by atoms with Gasteiger partial charge in [0.2, 0.25) is 0 Å². The van der Waals surface area contributed by atoms with Crippen LogP contribution in [0.25, 0.3) is 0 Å². The number of carbonyl (C=O) groups is 1. The second-order valence-corrected chi connectivity index (χ2v) is 7.81. The average Bonchev–Trinajstić information content (AvgIpc) is 3.39. The molecule has 1 amide bonds. The normalized spacial score (nSPS) is 10.8. The molecular formula is C21H16Cl3N5O2. The van der Waals surface area contributed by atoms with Gasteiger partial charge in [-0.2, -0.15) is 10.2 Å². The van der Waals surface area contributed by atoms with Crippen LogP contribution >= 0.6 is 34.8 Å². The summed E-state index contributed by atoms with van der Waals surface area (Å²) >= 11 is 18.1. The Kier molecular flexibility index (Phi) is 6.46. The number of amides is 1. The van der Waals surface area contributed by atoms with Crippen molar-refractivity contribution in [2.24, 2.45) is 0 Å². The lowest BCUT2D eigenvalue weighted by Crippen LogP contribution is -2.14. The van der Waals surface area contributed by atoms with E-state index in [1.165, 1.54) is 4.68 Å². The van der Waals surface area contributed by atoms with Crippen LogP contribution in [0.1, 0.15) is 16.1 Å². The van der Waals surface area contributed by atoms with E-state index in [1.807, 2.05) is 24.3 Å². The first-order chi connectivity index (χ1) is 15.0. The first-order valence-corrected chi connectivity index (χ1v) is 10.3. The molecular weight excluding hydrogens is 461 g/mol. The van der Waals surface area contributed by atoms with Crippen molar-refractivity contribution in [2.75, 3.05) is 5.32 Å². The number of anilines is 1. The van der Waals surface area contributed by atoms with Crippen LogP contribution in [0.3, 0.4) is 0 Å². The molecule has 0 saturated carbocycles. The Morgan fingerprint density at radius 3 is 2.68 bits per heavy atom. The van der Waals surface area contributed by atoms with Gasteiger partial charge in [-0.25, -0.2) is 4.68 Å². The monoisotopic (exact) mass is 475 g/mol. The molecule has 4 rings (SSSR count). The molecule has 2 aromatic carbocycles. The van der Waals surface area contributed by atoms with E-state index in [-0.39, 0.29) is 18.3 Å². The largest absolute Gasteiger partial charge is 0.470 e. The van der Waals surface area contributed by atoms with Gasteiger partial charge in [0.1, 0.15) is 5.75 Å². The third-order valence-electron chi connectivity index (χ3n) is 4.30. The number of hydrogen-bond acceptors (Lipinski definition) is 4. The predicted molar refractivity (Wildman–Crippen MR) is 120 cm³/mol. The van der Waals surface area contributed by atoms with Crippen LogP contribution in [0, 0.1) is 0 Å². The maximum atomic E-state index is 12.5. The van der Waals surface area contributed by atoms with Crippen molar-refractivity contribution in [2.45, 2.75) is 13.3 Å². The fourth-order valence-electron chi connectivity index (χ4n) is 2.79. The fraction of sp³-hybridized carbons (Fsp3) is 0.0952.